The van der Waals surface area contributed by atoms with Gasteiger partial charge >= 0.3 is 0 Å². The van der Waals surface area contributed by atoms with Gasteiger partial charge in [0.15, 0.2) is 5.11 Å². The number of benzene rings is 1. The molecule has 0 atom stereocenters. The maximum absolute atomic E-state index is 6.00. The van der Waals surface area contributed by atoms with Gasteiger partial charge in [0.25, 0.3) is 0 Å². The van der Waals surface area contributed by atoms with Crippen LogP contribution in [0.5, 0.6) is 0 Å². The molecule has 0 saturated heterocycles. The zero-order chi connectivity index (χ0) is 11.5. The van der Waals surface area contributed by atoms with Crippen LogP contribution >= 0.6 is 35.4 Å². The van der Waals surface area contributed by atoms with Crippen molar-refractivity contribution in [3.63, 3.8) is 0 Å². The lowest BCUT2D eigenvalue weighted by molar-refractivity contribution is 0.947. The Hall–Kier alpha value is -1.10. The van der Waals surface area contributed by atoms with Gasteiger partial charge in [0, 0.05) is 17.4 Å². The van der Waals surface area contributed by atoms with Crippen molar-refractivity contribution in [3.05, 3.63) is 46.7 Å². The Balaban J connectivity index is 2.18. The summed E-state index contributed by atoms with van der Waals surface area (Å²) in [5.41, 5.74) is 0.701. The Bertz CT molecular complexity index is 511. The van der Waals surface area contributed by atoms with E-state index >= 15 is 0 Å². The van der Waals surface area contributed by atoms with Crippen molar-refractivity contribution < 1.29 is 0 Å². The highest BCUT2D eigenvalue weighted by atomic mass is 35.5. The van der Waals surface area contributed by atoms with Gasteiger partial charge in [-0.3, -0.25) is 0 Å². The number of halogens is 2. The van der Waals surface area contributed by atoms with Gasteiger partial charge in [0.05, 0.1) is 10.7 Å². The molecule has 1 aromatic heterocycles. The van der Waals surface area contributed by atoms with Crippen molar-refractivity contribution in [2.24, 2.45) is 0 Å². The SMILES string of the molecule is S=C(Nc1ccc(Cl)cc1Cl)n1cccn1. The molecule has 1 aromatic carbocycles. The zero-order valence-corrected chi connectivity index (χ0v) is 10.4. The minimum absolute atomic E-state index is 0.453. The van der Waals surface area contributed by atoms with Gasteiger partial charge in [0.1, 0.15) is 0 Å². The number of hydrogen-bond acceptors (Lipinski definition) is 2. The van der Waals surface area contributed by atoms with Crippen LogP contribution in [0.3, 0.4) is 0 Å². The molecule has 0 unspecified atom stereocenters. The first-order valence-electron chi connectivity index (χ1n) is 4.43. The molecule has 3 nitrogen and oxygen atoms in total. The lowest BCUT2D eigenvalue weighted by atomic mass is 10.3. The van der Waals surface area contributed by atoms with E-state index < -0.39 is 0 Å². The molecule has 1 heterocycles. The fraction of sp³-hybridized carbons (Fsp3) is 0. The zero-order valence-electron chi connectivity index (χ0n) is 8.02. The molecule has 0 aliphatic heterocycles. The van der Waals surface area contributed by atoms with E-state index in [0.29, 0.717) is 20.8 Å². The van der Waals surface area contributed by atoms with E-state index in [1.807, 2.05) is 0 Å². The second-order valence-electron chi connectivity index (χ2n) is 3.00. The summed E-state index contributed by atoms with van der Waals surface area (Å²) in [6.07, 6.45) is 3.40. The van der Waals surface area contributed by atoms with Gasteiger partial charge in [-0.25, -0.2) is 4.68 Å². The molecule has 2 aromatic rings. The molecule has 0 amide bonds. The topological polar surface area (TPSA) is 29.9 Å². The van der Waals surface area contributed by atoms with E-state index in [0.717, 1.165) is 0 Å². The Morgan fingerprint density at radius 3 is 2.81 bits per heavy atom. The molecule has 2 rings (SSSR count). The summed E-state index contributed by atoms with van der Waals surface area (Å²) in [5.74, 6) is 0. The van der Waals surface area contributed by atoms with Gasteiger partial charge in [-0.1, -0.05) is 23.2 Å². The first-order valence-corrected chi connectivity index (χ1v) is 5.59. The molecule has 16 heavy (non-hydrogen) atoms. The average molecular weight is 272 g/mol. The molecule has 82 valence electrons. The highest BCUT2D eigenvalue weighted by molar-refractivity contribution is 7.80. The standard InChI is InChI=1S/C10H7Cl2N3S/c11-7-2-3-9(8(12)6-7)14-10(16)15-5-1-4-13-15/h1-6H,(H,14,16). The second kappa shape index (κ2) is 4.82. The molecule has 0 fully saturated rings. The second-order valence-corrected chi connectivity index (χ2v) is 4.24. The molecule has 0 aliphatic rings. The molecular formula is C10H7Cl2N3S. The van der Waals surface area contributed by atoms with Gasteiger partial charge in [0.2, 0.25) is 0 Å². The van der Waals surface area contributed by atoms with E-state index in [9.17, 15) is 0 Å². The number of nitrogens with one attached hydrogen (secondary N) is 1. The summed E-state index contributed by atoms with van der Waals surface area (Å²) in [4.78, 5) is 0. The number of rotatable bonds is 1. The van der Waals surface area contributed by atoms with Crippen LogP contribution < -0.4 is 5.32 Å². The van der Waals surface area contributed by atoms with Crippen LogP contribution in [0.15, 0.2) is 36.7 Å². The van der Waals surface area contributed by atoms with Crippen LogP contribution in [0.4, 0.5) is 5.69 Å². The van der Waals surface area contributed by atoms with Crippen LogP contribution in [-0.2, 0) is 0 Å². The third-order valence-electron chi connectivity index (χ3n) is 1.89. The fourth-order valence-corrected chi connectivity index (χ4v) is 1.83. The molecule has 0 saturated carbocycles. The Kier molecular flexibility index (Phi) is 3.43. The molecule has 0 spiro atoms. The first-order chi connectivity index (χ1) is 7.66. The molecule has 0 radical (unpaired) electrons. The van der Waals surface area contributed by atoms with E-state index in [2.05, 4.69) is 10.4 Å². The lowest BCUT2D eigenvalue weighted by Crippen LogP contribution is -2.19. The molecule has 0 aliphatic carbocycles. The molecule has 1 N–H and O–H groups in total. The number of hydrogen-bond donors (Lipinski definition) is 1. The van der Waals surface area contributed by atoms with E-state index in [-0.39, 0.29) is 0 Å². The van der Waals surface area contributed by atoms with Crippen LogP contribution in [0, 0.1) is 0 Å². The Morgan fingerprint density at radius 1 is 1.38 bits per heavy atom. The minimum Gasteiger partial charge on any atom is -0.330 e. The maximum Gasteiger partial charge on any atom is 0.198 e. The Labute approximate surface area is 108 Å². The van der Waals surface area contributed by atoms with Crippen molar-refractivity contribution >= 4 is 46.2 Å². The summed E-state index contributed by atoms with van der Waals surface area (Å²) in [7, 11) is 0. The number of anilines is 1. The minimum atomic E-state index is 0.453. The third-order valence-corrected chi connectivity index (χ3v) is 2.72. The number of thiocarbonyl (C=S) groups is 1. The smallest absolute Gasteiger partial charge is 0.198 e. The predicted octanol–water partition coefficient (Wildman–Crippen LogP) is 3.44. The molecule has 6 heteroatoms. The van der Waals surface area contributed by atoms with E-state index in [1.165, 1.54) is 0 Å². The summed E-state index contributed by atoms with van der Waals surface area (Å²) in [5, 5.41) is 8.54. The maximum atomic E-state index is 6.00. The van der Waals surface area contributed by atoms with Gasteiger partial charge < -0.3 is 5.32 Å². The normalized spacial score (nSPS) is 10.1. The van der Waals surface area contributed by atoms with Crippen LogP contribution in [0.25, 0.3) is 0 Å². The predicted molar refractivity (Wildman–Crippen MR) is 70.3 cm³/mol. The lowest BCUT2D eigenvalue weighted by Gasteiger charge is -2.09. The molecule has 0 bridgehead atoms. The van der Waals surface area contributed by atoms with Crippen molar-refractivity contribution in [1.29, 1.82) is 0 Å². The van der Waals surface area contributed by atoms with E-state index in [1.54, 1.807) is 41.3 Å². The summed E-state index contributed by atoms with van der Waals surface area (Å²) in [6, 6.07) is 6.94. The van der Waals surface area contributed by atoms with Crippen LogP contribution in [-0.4, -0.2) is 14.9 Å². The summed E-state index contributed by atoms with van der Waals surface area (Å²) in [6.45, 7) is 0. The quantitative estimate of drug-likeness (QED) is 0.806. The van der Waals surface area contributed by atoms with Crippen LogP contribution in [0.1, 0.15) is 0 Å². The highest BCUT2D eigenvalue weighted by Gasteiger charge is 2.04. The number of nitrogens with zero attached hydrogens (tertiary/aromatic N) is 2. The molecular weight excluding hydrogens is 265 g/mol. The van der Waals surface area contributed by atoms with Gasteiger partial charge in [-0.15, -0.1) is 0 Å². The highest BCUT2D eigenvalue weighted by Crippen LogP contribution is 2.25. The third kappa shape index (κ3) is 2.52. The number of aromatic nitrogens is 2. The Morgan fingerprint density at radius 2 is 2.19 bits per heavy atom. The van der Waals surface area contributed by atoms with E-state index in [4.69, 9.17) is 35.4 Å². The van der Waals surface area contributed by atoms with Crippen molar-refractivity contribution in [3.8, 4) is 0 Å². The first kappa shape index (κ1) is 11.4. The van der Waals surface area contributed by atoms with Crippen molar-refractivity contribution in [2.75, 3.05) is 5.32 Å². The largest absolute Gasteiger partial charge is 0.330 e. The van der Waals surface area contributed by atoms with Crippen molar-refractivity contribution in [1.82, 2.24) is 9.78 Å². The van der Waals surface area contributed by atoms with Crippen LogP contribution in [0.2, 0.25) is 10.0 Å². The summed E-state index contributed by atoms with van der Waals surface area (Å²) >= 11 is 16.9. The van der Waals surface area contributed by atoms with Gasteiger partial charge in [-0.2, -0.15) is 5.10 Å². The van der Waals surface area contributed by atoms with Crippen molar-refractivity contribution in [2.45, 2.75) is 0 Å². The summed E-state index contributed by atoms with van der Waals surface area (Å²) < 4.78 is 1.54. The van der Waals surface area contributed by atoms with Gasteiger partial charge in [-0.05, 0) is 36.5 Å². The fourth-order valence-electron chi connectivity index (χ4n) is 1.15. The monoisotopic (exact) mass is 271 g/mol. The average Bonchev–Trinajstić information content (AvgIpc) is 2.75.